The van der Waals surface area contributed by atoms with Gasteiger partial charge in [-0.2, -0.15) is 0 Å². The molecule has 5 heteroatoms. The first-order valence-electron chi connectivity index (χ1n) is 7.89. The van der Waals surface area contributed by atoms with Gasteiger partial charge in [-0.1, -0.05) is 17.7 Å². The minimum atomic E-state index is -0.174. The minimum Gasteiger partial charge on any atom is -0.507 e. The SMILES string of the molecule is COc1cc(-c2oc3cccc(O)c3c2O)cc(O)c1CC=C(C)C. The number of aromatic hydroxyl groups is 3. The first-order valence-corrected chi connectivity index (χ1v) is 7.89. The lowest BCUT2D eigenvalue weighted by Gasteiger charge is -2.11. The number of phenols is 2. The summed E-state index contributed by atoms with van der Waals surface area (Å²) in [5, 5.41) is 31.0. The van der Waals surface area contributed by atoms with Crippen LogP contribution in [0.2, 0.25) is 0 Å². The molecule has 3 N–H and O–H groups in total. The molecule has 0 aliphatic carbocycles. The highest BCUT2D eigenvalue weighted by molar-refractivity contribution is 5.95. The molecule has 1 heterocycles. The van der Waals surface area contributed by atoms with Gasteiger partial charge in [-0.15, -0.1) is 0 Å². The van der Waals surface area contributed by atoms with Gasteiger partial charge in [0.25, 0.3) is 0 Å². The second kappa shape index (κ2) is 6.43. The average Bonchev–Trinajstić information content (AvgIpc) is 2.91. The molecule has 0 aliphatic rings. The smallest absolute Gasteiger partial charge is 0.177 e. The summed E-state index contributed by atoms with van der Waals surface area (Å²) in [6, 6.07) is 7.97. The predicted octanol–water partition coefficient (Wildman–Crippen LogP) is 4.73. The molecule has 0 fully saturated rings. The third kappa shape index (κ3) is 3.01. The lowest BCUT2D eigenvalue weighted by molar-refractivity contribution is 0.401. The van der Waals surface area contributed by atoms with Crippen LogP contribution in [-0.2, 0) is 6.42 Å². The maximum Gasteiger partial charge on any atom is 0.177 e. The topological polar surface area (TPSA) is 83.1 Å². The number of hydrogen-bond acceptors (Lipinski definition) is 5. The van der Waals surface area contributed by atoms with Gasteiger partial charge in [0.2, 0.25) is 0 Å². The molecule has 3 rings (SSSR count). The van der Waals surface area contributed by atoms with Gasteiger partial charge in [-0.25, -0.2) is 0 Å². The Hall–Kier alpha value is -3.08. The number of benzene rings is 2. The summed E-state index contributed by atoms with van der Waals surface area (Å²) in [7, 11) is 1.52. The first kappa shape index (κ1) is 16.8. The zero-order valence-electron chi connectivity index (χ0n) is 14.3. The molecule has 0 spiro atoms. The van der Waals surface area contributed by atoms with Gasteiger partial charge in [0.1, 0.15) is 28.2 Å². The molecule has 0 saturated heterocycles. The highest BCUT2D eigenvalue weighted by Gasteiger charge is 2.20. The Labute approximate surface area is 145 Å². The fourth-order valence-electron chi connectivity index (χ4n) is 2.77. The van der Waals surface area contributed by atoms with E-state index in [1.165, 1.54) is 19.2 Å². The van der Waals surface area contributed by atoms with E-state index in [-0.39, 0.29) is 28.4 Å². The van der Waals surface area contributed by atoms with Gasteiger partial charge >= 0.3 is 0 Å². The summed E-state index contributed by atoms with van der Waals surface area (Å²) < 4.78 is 11.1. The van der Waals surface area contributed by atoms with Crippen LogP contribution >= 0.6 is 0 Å². The fraction of sp³-hybridized carbons (Fsp3) is 0.200. The third-order valence-corrected chi connectivity index (χ3v) is 4.05. The normalized spacial score (nSPS) is 10.8. The number of furan rings is 1. The zero-order chi connectivity index (χ0) is 18.1. The van der Waals surface area contributed by atoms with E-state index >= 15 is 0 Å². The van der Waals surface area contributed by atoms with Crippen LogP contribution in [0.15, 0.2) is 46.4 Å². The number of fused-ring (bicyclic) bond motifs is 1. The molecule has 25 heavy (non-hydrogen) atoms. The molecule has 0 atom stereocenters. The summed E-state index contributed by atoms with van der Waals surface area (Å²) in [5.41, 5.74) is 2.62. The molecule has 2 aromatic carbocycles. The van der Waals surface area contributed by atoms with Crippen LogP contribution in [0.25, 0.3) is 22.3 Å². The van der Waals surface area contributed by atoms with Crippen LogP contribution in [0.3, 0.4) is 0 Å². The Kier molecular flexibility index (Phi) is 4.31. The fourth-order valence-corrected chi connectivity index (χ4v) is 2.77. The number of allylic oxidation sites excluding steroid dienone is 2. The summed E-state index contributed by atoms with van der Waals surface area (Å²) in [4.78, 5) is 0. The molecule has 130 valence electrons. The van der Waals surface area contributed by atoms with Crippen molar-refractivity contribution in [2.24, 2.45) is 0 Å². The van der Waals surface area contributed by atoms with Crippen molar-refractivity contribution in [2.45, 2.75) is 20.3 Å². The highest BCUT2D eigenvalue weighted by Crippen LogP contribution is 2.45. The van der Waals surface area contributed by atoms with E-state index < -0.39 is 0 Å². The summed E-state index contributed by atoms with van der Waals surface area (Å²) >= 11 is 0. The molecule has 0 saturated carbocycles. The first-order chi connectivity index (χ1) is 11.9. The molecule has 0 amide bonds. The number of hydrogen-bond donors (Lipinski definition) is 3. The van der Waals surface area contributed by atoms with Crippen LogP contribution in [0, 0.1) is 0 Å². The zero-order valence-corrected chi connectivity index (χ0v) is 14.3. The molecule has 0 unspecified atom stereocenters. The molecule has 1 aromatic heterocycles. The van der Waals surface area contributed by atoms with E-state index in [4.69, 9.17) is 9.15 Å². The quantitative estimate of drug-likeness (QED) is 0.598. The van der Waals surface area contributed by atoms with Crippen molar-refractivity contribution in [3.8, 4) is 34.3 Å². The van der Waals surface area contributed by atoms with E-state index in [0.717, 1.165) is 5.57 Å². The molecular weight excluding hydrogens is 320 g/mol. The van der Waals surface area contributed by atoms with E-state index in [9.17, 15) is 15.3 Å². The molecule has 5 nitrogen and oxygen atoms in total. The van der Waals surface area contributed by atoms with Gasteiger partial charge in [0.15, 0.2) is 11.5 Å². The Morgan fingerprint density at radius 1 is 1.12 bits per heavy atom. The lowest BCUT2D eigenvalue weighted by atomic mass is 10.0. The largest absolute Gasteiger partial charge is 0.507 e. The van der Waals surface area contributed by atoms with Crippen LogP contribution < -0.4 is 4.74 Å². The van der Waals surface area contributed by atoms with E-state index in [0.29, 0.717) is 28.9 Å². The van der Waals surface area contributed by atoms with Crippen molar-refractivity contribution < 1.29 is 24.5 Å². The Balaban J connectivity index is 2.16. The van der Waals surface area contributed by atoms with Crippen molar-refractivity contribution in [3.05, 3.63) is 47.5 Å². The van der Waals surface area contributed by atoms with E-state index in [2.05, 4.69) is 0 Å². The summed E-state index contributed by atoms with van der Waals surface area (Å²) in [5.74, 6) is 0.472. The molecule has 0 bridgehead atoms. The molecule has 0 radical (unpaired) electrons. The summed E-state index contributed by atoms with van der Waals surface area (Å²) in [6.45, 7) is 3.97. The maximum absolute atomic E-state index is 10.4. The highest BCUT2D eigenvalue weighted by atomic mass is 16.5. The van der Waals surface area contributed by atoms with Crippen LogP contribution in [0.1, 0.15) is 19.4 Å². The van der Waals surface area contributed by atoms with Crippen molar-refractivity contribution in [1.29, 1.82) is 0 Å². The maximum atomic E-state index is 10.4. The van der Waals surface area contributed by atoms with Gasteiger partial charge in [0, 0.05) is 11.1 Å². The second-order valence-corrected chi connectivity index (χ2v) is 6.09. The average molecular weight is 340 g/mol. The predicted molar refractivity (Wildman–Crippen MR) is 96.3 cm³/mol. The molecular formula is C20H20O5. The van der Waals surface area contributed by atoms with E-state index in [1.807, 2.05) is 19.9 Å². The monoisotopic (exact) mass is 340 g/mol. The van der Waals surface area contributed by atoms with Gasteiger partial charge < -0.3 is 24.5 Å². The minimum absolute atomic E-state index is 0.0518. The number of ether oxygens (including phenoxy) is 1. The summed E-state index contributed by atoms with van der Waals surface area (Å²) in [6.07, 6.45) is 2.53. The van der Waals surface area contributed by atoms with Crippen molar-refractivity contribution in [3.63, 3.8) is 0 Å². The van der Waals surface area contributed by atoms with Crippen molar-refractivity contribution in [1.82, 2.24) is 0 Å². The number of methoxy groups -OCH3 is 1. The second-order valence-electron chi connectivity index (χ2n) is 6.09. The number of phenolic OH excluding ortho intramolecular Hbond substituents is 2. The van der Waals surface area contributed by atoms with Crippen LogP contribution in [0.4, 0.5) is 0 Å². The van der Waals surface area contributed by atoms with Crippen molar-refractivity contribution in [2.75, 3.05) is 7.11 Å². The standard InChI is InChI=1S/C20H20O5/c1-11(2)7-8-13-15(22)9-12(10-17(13)24-3)20-19(23)18-14(21)5-4-6-16(18)25-20/h4-7,9-10,21-23H,8H2,1-3H3. The van der Waals surface area contributed by atoms with Crippen molar-refractivity contribution >= 4 is 11.0 Å². The van der Waals surface area contributed by atoms with Crippen LogP contribution in [0.5, 0.6) is 23.0 Å². The van der Waals surface area contributed by atoms with E-state index in [1.54, 1.807) is 18.2 Å². The number of rotatable bonds is 4. The molecule has 0 aliphatic heterocycles. The Bertz CT molecular complexity index is 962. The Morgan fingerprint density at radius 3 is 2.52 bits per heavy atom. The Morgan fingerprint density at radius 2 is 1.88 bits per heavy atom. The van der Waals surface area contributed by atoms with Gasteiger partial charge in [-0.3, -0.25) is 0 Å². The van der Waals surface area contributed by atoms with Gasteiger partial charge in [-0.05, 0) is 44.5 Å². The molecule has 3 aromatic rings. The third-order valence-electron chi connectivity index (χ3n) is 4.05. The lowest BCUT2D eigenvalue weighted by Crippen LogP contribution is -1.93. The van der Waals surface area contributed by atoms with Crippen LogP contribution in [-0.4, -0.2) is 22.4 Å². The van der Waals surface area contributed by atoms with Gasteiger partial charge in [0.05, 0.1) is 7.11 Å².